The van der Waals surface area contributed by atoms with E-state index in [4.69, 9.17) is 11.6 Å². The summed E-state index contributed by atoms with van der Waals surface area (Å²) in [4.78, 5) is 9.98. The third kappa shape index (κ3) is 2.42. The van der Waals surface area contributed by atoms with Gasteiger partial charge in [0.2, 0.25) is 6.41 Å². The minimum absolute atomic E-state index is 0.188. The molecular weight excluding hydrogens is 193 g/mol. The Balaban J connectivity index is 2.94. The van der Waals surface area contributed by atoms with Gasteiger partial charge in [-0.3, -0.25) is 4.79 Å². The molecule has 1 rings (SSSR count). The summed E-state index contributed by atoms with van der Waals surface area (Å²) in [5, 5.41) is 2.78. The smallest absolute Gasteiger partial charge is 0.207 e. The summed E-state index contributed by atoms with van der Waals surface area (Å²) >= 11 is 5.69. The molecule has 1 amide bonds. The van der Waals surface area contributed by atoms with Gasteiger partial charge in [-0.1, -0.05) is 11.6 Å². The van der Waals surface area contributed by atoms with Gasteiger partial charge in [-0.25, -0.2) is 4.39 Å². The molecule has 0 unspecified atom stereocenters. The second-order valence-corrected chi connectivity index (χ2v) is 3.10. The summed E-state index contributed by atoms with van der Waals surface area (Å²) in [5.41, 5.74) is 1.24. The standard InChI is InChI=1S/C9H9ClFNO/c1-6-2-7(4-12-5-13)9(11)3-8(6)10/h2-3,5H,4H2,1H3,(H,12,13). The second-order valence-electron chi connectivity index (χ2n) is 2.69. The third-order valence-corrected chi connectivity index (χ3v) is 2.11. The number of aryl methyl sites for hydroxylation is 1. The van der Waals surface area contributed by atoms with E-state index in [1.54, 1.807) is 13.0 Å². The number of carbonyl (C=O) groups is 1. The summed E-state index contributed by atoms with van der Waals surface area (Å²) in [7, 11) is 0. The molecule has 0 aromatic heterocycles. The Morgan fingerprint density at radius 2 is 2.31 bits per heavy atom. The van der Waals surface area contributed by atoms with Gasteiger partial charge in [0.05, 0.1) is 0 Å². The van der Waals surface area contributed by atoms with Crippen LogP contribution in [-0.4, -0.2) is 6.41 Å². The zero-order chi connectivity index (χ0) is 9.84. The lowest BCUT2D eigenvalue weighted by molar-refractivity contribution is -0.109. The number of amides is 1. The summed E-state index contributed by atoms with van der Waals surface area (Å²) in [5.74, 6) is -0.398. The molecule has 1 aromatic rings. The molecule has 0 radical (unpaired) electrons. The average Bonchev–Trinajstić information content (AvgIpc) is 2.09. The molecule has 0 heterocycles. The molecule has 0 fully saturated rings. The molecule has 0 aliphatic rings. The molecule has 0 saturated carbocycles. The minimum atomic E-state index is -0.398. The van der Waals surface area contributed by atoms with Crippen LogP contribution in [-0.2, 0) is 11.3 Å². The van der Waals surface area contributed by atoms with Crippen LogP contribution in [0.2, 0.25) is 5.02 Å². The van der Waals surface area contributed by atoms with Crippen molar-refractivity contribution in [3.63, 3.8) is 0 Å². The zero-order valence-corrected chi connectivity index (χ0v) is 7.86. The predicted octanol–water partition coefficient (Wildman–Crippen LogP) is 2.03. The summed E-state index contributed by atoms with van der Waals surface area (Å²) < 4.78 is 13.1. The maximum absolute atomic E-state index is 13.1. The van der Waals surface area contributed by atoms with Crippen molar-refractivity contribution in [1.82, 2.24) is 5.32 Å². The second kappa shape index (κ2) is 4.23. The average molecular weight is 202 g/mol. The first-order valence-electron chi connectivity index (χ1n) is 3.76. The van der Waals surface area contributed by atoms with Crippen LogP contribution in [0.15, 0.2) is 12.1 Å². The number of benzene rings is 1. The number of halogens is 2. The Morgan fingerprint density at radius 3 is 2.92 bits per heavy atom. The van der Waals surface area contributed by atoms with Crippen molar-refractivity contribution in [2.24, 2.45) is 0 Å². The lowest BCUT2D eigenvalue weighted by atomic mass is 10.1. The van der Waals surface area contributed by atoms with Crippen LogP contribution in [0.4, 0.5) is 4.39 Å². The van der Waals surface area contributed by atoms with Crippen LogP contribution >= 0.6 is 11.6 Å². The van der Waals surface area contributed by atoms with Crippen LogP contribution in [0.3, 0.4) is 0 Å². The van der Waals surface area contributed by atoms with Crippen molar-refractivity contribution < 1.29 is 9.18 Å². The number of hydrogen-bond donors (Lipinski definition) is 1. The quantitative estimate of drug-likeness (QED) is 0.745. The monoisotopic (exact) mass is 201 g/mol. The van der Waals surface area contributed by atoms with E-state index in [2.05, 4.69) is 5.32 Å². The van der Waals surface area contributed by atoms with Gasteiger partial charge in [-0.05, 0) is 24.6 Å². The fourth-order valence-electron chi connectivity index (χ4n) is 1.00. The highest BCUT2D eigenvalue weighted by molar-refractivity contribution is 6.31. The molecule has 0 aliphatic heterocycles. The van der Waals surface area contributed by atoms with Crippen molar-refractivity contribution in [2.45, 2.75) is 13.5 Å². The molecule has 0 bridgehead atoms. The fourth-order valence-corrected chi connectivity index (χ4v) is 1.15. The van der Waals surface area contributed by atoms with Crippen LogP contribution in [0.1, 0.15) is 11.1 Å². The molecule has 4 heteroatoms. The molecule has 2 nitrogen and oxygen atoms in total. The number of hydrogen-bond acceptors (Lipinski definition) is 1. The lowest BCUT2D eigenvalue weighted by Gasteiger charge is -2.04. The Hall–Kier alpha value is -1.09. The molecule has 1 N–H and O–H groups in total. The first kappa shape index (κ1) is 9.99. The highest BCUT2D eigenvalue weighted by Gasteiger charge is 2.04. The molecule has 70 valence electrons. The van der Waals surface area contributed by atoms with Crippen LogP contribution < -0.4 is 5.32 Å². The van der Waals surface area contributed by atoms with Gasteiger partial charge in [0.15, 0.2) is 0 Å². The van der Waals surface area contributed by atoms with E-state index in [0.29, 0.717) is 17.0 Å². The first-order valence-corrected chi connectivity index (χ1v) is 4.14. The van der Waals surface area contributed by atoms with E-state index >= 15 is 0 Å². The highest BCUT2D eigenvalue weighted by atomic mass is 35.5. The topological polar surface area (TPSA) is 29.1 Å². The van der Waals surface area contributed by atoms with Crippen molar-refractivity contribution in [3.8, 4) is 0 Å². The highest BCUT2D eigenvalue weighted by Crippen LogP contribution is 2.19. The summed E-state index contributed by atoms with van der Waals surface area (Å²) in [6.07, 6.45) is 0.531. The van der Waals surface area contributed by atoms with Crippen LogP contribution in [0.5, 0.6) is 0 Å². The van der Waals surface area contributed by atoms with Crippen molar-refractivity contribution in [2.75, 3.05) is 0 Å². The van der Waals surface area contributed by atoms with Crippen molar-refractivity contribution in [1.29, 1.82) is 0 Å². The predicted molar refractivity (Wildman–Crippen MR) is 49.1 cm³/mol. The van der Waals surface area contributed by atoms with E-state index in [-0.39, 0.29) is 6.54 Å². The van der Waals surface area contributed by atoms with Crippen molar-refractivity contribution in [3.05, 3.63) is 34.1 Å². The summed E-state index contributed by atoms with van der Waals surface area (Å²) in [6, 6.07) is 2.87. The van der Waals surface area contributed by atoms with E-state index < -0.39 is 5.82 Å². The van der Waals surface area contributed by atoms with Gasteiger partial charge >= 0.3 is 0 Å². The Labute approximate surface area is 80.7 Å². The lowest BCUT2D eigenvalue weighted by Crippen LogP contribution is -2.11. The maximum atomic E-state index is 13.1. The van der Waals surface area contributed by atoms with E-state index in [1.165, 1.54) is 6.07 Å². The Bertz CT molecular complexity index is 328. The molecule has 0 spiro atoms. The molecule has 1 aromatic carbocycles. The van der Waals surface area contributed by atoms with E-state index in [9.17, 15) is 9.18 Å². The number of carbonyl (C=O) groups excluding carboxylic acids is 1. The van der Waals surface area contributed by atoms with Gasteiger partial charge in [0.25, 0.3) is 0 Å². The Kier molecular flexibility index (Phi) is 3.25. The van der Waals surface area contributed by atoms with Gasteiger partial charge in [0.1, 0.15) is 5.82 Å². The third-order valence-electron chi connectivity index (χ3n) is 1.70. The first-order chi connectivity index (χ1) is 6.15. The molecular formula is C9H9ClFNO. The van der Waals surface area contributed by atoms with Gasteiger partial charge in [-0.15, -0.1) is 0 Å². The maximum Gasteiger partial charge on any atom is 0.207 e. The van der Waals surface area contributed by atoms with Gasteiger partial charge < -0.3 is 5.32 Å². The SMILES string of the molecule is Cc1cc(CNC=O)c(F)cc1Cl. The number of rotatable bonds is 3. The van der Waals surface area contributed by atoms with Gasteiger partial charge in [-0.2, -0.15) is 0 Å². The van der Waals surface area contributed by atoms with Crippen LogP contribution in [0.25, 0.3) is 0 Å². The number of nitrogens with one attached hydrogen (secondary N) is 1. The molecule has 0 saturated heterocycles. The zero-order valence-electron chi connectivity index (χ0n) is 7.10. The van der Waals surface area contributed by atoms with E-state index in [0.717, 1.165) is 5.56 Å². The molecule has 0 atom stereocenters. The summed E-state index contributed by atoms with van der Waals surface area (Å²) in [6.45, 7) is 1.97. The molecule has 0 aliphatic carbocycles. The van der Waals surface area contributed by atoms with Crippen LogP contribution in [0, 0.1) is 12.7 Å². The van der Waals surface area contributed by atoms with Gasteiger partial charge in [0, 0.05) is 17.1 Å². The minimum Gasteiger partial charge on any atom is -0.354 e. The Morgan fingerprint density at radius 1 is 1.62 bits per heavy atom. The normalized spacial score (nSPS) is 9.77. The van der Waals surface area contributed by atoms with Crippen molar-refractivity contribution >= 4 is 18.0 Å². The molecule has 13 heavy (non-hydrogen) atoms. The largest absolute Gasteiger partial charge is 0.354 e. The van der Waals surface area contributed by atoms with E-state index in [1.807, 2.05) is 0 Å². The fraction of sp³-hybridized carbons (Fsp3) is 0.222.